The molecule has 1 aliphatic rings. The van der Waals surface area contributed by atoms with Crippen molar-refractivity contribution in [3.63, 3.8) is 0 Å². The largest absolute Gasteiger partial charge is 0.481 e. The van der Waals surface area contributed by atoms with E-state index >= 15 is 0 Å². The summed E-state index contributed by atoms with van der Waals surface area (Å²) in [6.07, 6.45) is 5.17. The third-order valence-electron chi connectivity index (χ3n) is 3.27. The molecule has 1 aliphatic carbocycles. The number of aliphatic carboxylic acids is 1. The van der Waals surface area contributed by atoms with E-state index in [0.29, 0.717) is 19.4 Å². The fourth-order valence-electron chi connectivity index (χ4n) is 2.23. The van der Waals surface area contributed by atoms with Crippen LogP contribution in [0.1, 0.15) is 45.4 Å². The Morgan fingerprint density at radius 1 is 1.33 bits per heavy atom. The van der Waals surface area contributed by atoms with Crippen LogP contribution in [0.2, 0.25) is 0 Å². The maximum atomic E-state index is 11.5. The third-order valence-corrected chi connectivity index (χ3v) is 3.27. The molecule has 1 rings (SSSR count). The van der Waals surface area contributed by atoms with Crippen LogP contribution in [0.25, 0.3) is 0 Å². The lowest BCUT2D eigenvalue weighted by atomic mass is 10.1. The number of nitrogens with one attached hydrogen (secondary N) is 1. The number of carbonyl (C=O) groups is 2. The standard InChI is InChI=1S/C13H23NO4/c1-2-3-4-7-18-9-12(15)14-11-6-5-10(8-11)13(16)17/h10-11H,2-9H2,1H3,(H,14,15)(H,16,17). The SMILES string of the molecule is CCCCCOCC(=O)NC1CCC(C(=O)O)C1. The summed E-state index contributed by atoms with van der Waals surface area (Å²) < 4.78 is 5.25. The van der Waals surface area contributed by atoms with E-state index in [2.05, 4.69) is 12.2 Å². The second kappa shape index (κ2) is 8.08. The molecule has 0 aromatic rings. The zero-order valence-corrected chi connectivity index (χ0v) is 11.0. The van der Waals surface area contributed by atoms with Crippen molar-refractivity contribution in [2.24, 2.45) is 5.92 Å². The highest BCUT2D eigenvalue weighted by atomic mass is 16.5. The summed E-state index contributed by atoms with van der Waals surface area (Å²) in [4.78, 5) is 22.3. The van der Waals surface area contributed by atoms with Gasteiger partial charge in [-0.2, -0.15) is 0 Å². The second-order valence-electron chi connectivity index (χ2n) is 4.87. The van der Waals surface area contributed by atoms with Crippen LogP contribution < -0.4 is 5.32 Å². The van der Waals surface area contributed by atoms with Gasteiger partial charge < -0.3 is 15.2 Å². The van der Waals surface area contributed by atoms with Crippen LogP contribution in [-0.2, 0) is 14.3 Å². The summed E-state index contributed by atoms with van der Waals surface area (Å²) >= 11 is 0. The predicted octanol–water partition coefficient (Wildman–Crippen LogP) is 1.56. The van der Waals surface area contributed by atoms with Gasteiger partial charge in [-0.3, -0.25) is 9.59 Å². The van der Waals surface area contributed by atoms with Gasteiger partial charge in [-0.1, -0.05) is 19.8 Å². The number of carboxylic acids is 1. The number of carbonyl (C=O) groups excluding carboxylic acids is 1. The van der Waals surface area contributed by atoms with Crippen molar-refractivity contribution < 1.29 is 19.4 Å². The Bertz CT molecular complexity index is 280. The molecule has 5 nitrogen and oxygen atoms in total. The maximum Gasteiger partial charge on any atom is 0.306 e. The molecule has 2 N–H and O–H groups in total. The molecule has 1 saturated carbocycles. The van der Waals surface area contributed by atoms with E-state index < -0.39 is 5.97 Å². The average molecular weight is 257 g/mol. The normalized spacial score (nSPS) is 22.9. The molecule has 0 spiro atoms. The van der Waals surface area contributed by atoms with Gasteiger partial charge in [0, 0.05) is 12.6 Å². The van der Waals surface area contributed by atoms with Crippen LogP contribution in [0.5, 0.6) is 0 Å². The van der Waals surface area contributed by atoms with Gasteiger partial charge in [-0.25, -0.2) is 0 Å². The monoisotopic (exact) mass is 257 g/mol. The minimum Gasteiger partial charge on any atom is -0.481 e. The highest BCUT2D eigenvalue weighted by Gasteiger charge is 2.30. The molecule has 0 heterocycles. The number of unbranched alkanes of at least 4 members (excludes halogenated alkanes) is 2. The van der Waals surface area contributed by atoms with E-state index in [1.54, 1.807) is 0 Å². The van der Waals surface area contributed by atoms with Crippen molar-refractivity contribution in [1.82, 2.24) is 5.32 Å². The summed E-state index contributed by atoms with van der Waals surface area (Å²) in [5.41, 5.74) is 0. The van der Waals surface area contributed by atoms with Crippen LogP contribution in [0.15, 0.2) is 0 Å². The highest BCUT2D eigenvalue weighted by molar-refractivity contribution is 5.78. The van der Waals surface area contributed by atoms with E-state index in [4.69, 9.17) is 9.84 Å². The maximum absolute atomic E-state index is 11.5. The predicted molar refractivity (Wildman–Crippen MR) is 67.3 cm³/mol. The van der Waals surface area contributed by atoms with E-state index in [-0.39, 0.29) is 24.5 Å². The van der Waals surface area contributed by atoms with Gasteiger partial charge in [0.15, 0.2) is 0 Å². The van der Waals surface area contributed by atoms with Gasteiger partial charge in [-0.05, 0) is 25.7 Å². The number of hydrogen-bond donors (Lipinski definition) is 2. The Balaban J connectivity index is 2.08. The summed E-state index contributed by atoms with van der Waals surface area (Å²) in [6.45, 7) is 2.81. The number of carboxylic acid groups (broad SMARTS) is 1. The van der Waals surface area contributed by atoms with Gasteiger partial charge in [0.25, 0.3) is 0 Å². The molecule has 18 heavy (non-hydrogen) atoms. The number of rotatable bonds is 8. The van der Waals surface area contributed by atoms with Crippen LogP contribution >= 0.6 is 0 Å². The molecule has 1 amide bonds. The van der Waals surface area contributed by atoms with Crippen molar-refractivity contribution in [3.8, 4) is 0 Å². The number of amides is 1. The third kappa shape index (κ3) is 5.49. The topological polar surface area (TPSA) is 75.6 Å². The first-order chi connectivity index (χ1) is 8.63. The summed E-state index contributed by atoms with van der Waals surface area (Å²) in [7, 11) is 0. The van der Waals surface area contributed by atoms with Crippen LogP contribution in [0.3, 0.4) is 0 Å². The molecule has 0 aromatic heterocycles. The molecule has 104 valence electrons. The lowest BCUT2D eigenvalue weighted by molar-refractivity contribution is -0.141. The molecule has 0 radical (unpaired) electrons. The molecule has 0 bridgehead atoms. The quantitative estimate of drug-likeness (QED) is 0.647. The lowest BCUT2D eigenvalue weighted by Crippen LogP contribution is -2.36. The van der Waals surface area contributed by atoms with Crippen LogP contribution in [0, 0.1) is 5.92 Å². The molecule has 0 aliphatic heterocycles. The van der Waals surface area contributed by atoms with E-state index in [1.807, 2.05) is 0 Å². The van der Waals surface area contributed by atoms with E-state index in [1.165, 1.54) is 0 Å². The Kier molecular flexibility index (Phi) is 6.72. The minimum atomic E-state index is -0.762. The van der Waals surface area contributed by atoms with E-state index in [0.717, 1.165) is 25.7 Å². The van der Waals surface area contributed by atoms with Gasteiger partial charge in [-0.15, -0.1) is 0 Å². The summed E-state index contributed by atoms with van der Waals surface area (Å²) in [6, 6.07) is -0.00200. The van der Waals surface area contributed by atoms with Gasteiger partial charge in [0.1, 0.15) is 6.61 Å². The van der Waals surface area contributed by atoms with Crippen LogP contribution in [0.4, 0.5) is 0 Å². The Labute approximate surface area is 108 Å². The Morgan fingerprint density at radius 3 is 2.72 bits per heavy atom. The fraction of sp³-hybridized carbons (Fsp3) is 0.846. The Hall–Kier alpha value is -1.10. The van der Waals surface area contributed by atoms with Crippen molar-refractivity contribution in [2.75, 3.05) is 13.2 Å². The van der Waals surface area contributed by atoms with Crippen molar-refractivity contribution in [2.45, 2.75) is 51.5 Å². The van der Waals surface area contributed by atoms with Crippen LogP contribution in [-0.4, -0.2) is 36.2 Å². The first-order valence-corrected chi connectivity index (χ1v) is 6.73. The van der Waals surface area contributed by atoms with Crippen molar-refractivity contribution in [1.29, 1.82) is 0 Å². The molecular weight excluding hydrogens is 234 g/mol. The summed E-state index contributed by atoms with van der Waals surface area (Å²) in [5, 5.41) is 11.7. The summed E-state index contributed by atoms with van der Waals surface area (Å²) in [5.74, 6) is -1.20. The average Bonchev–Trinajstić information content (AvgIpc) is 2.77. The van der Waals surface area contributed by atoms with Gasteiger partial charge in [0.2, 0.25) is 5.91 Å². The molecule has 0 saturated heterocycles. The molecule has 2 unspecified atom stereocenters. The second-order valence-corrected chi connectivity index (χ2v) is 4.87. The smallest absolute Gasteiger partial charge is 0.306 e. The fourth-order valence-corrected chi connectivity index (χ4v) is 2.23. The minimum absolute atomic E-state index is 0.00200. The zero-order chi connectivity index (χ0) is 13.4. The molecular formula is C13H23NO4. The van der Waals surface area contributed by atoms with Gasteiger partial charge >= 0.3 is 5.97 Å². The Morgan fingerprint density at radius 2 is 2.11 bits per heavy atom. The van der Waals surface area contributed by atoms with Crippen molar-refractivity contribution in [3.05, 3.63) is 0 Å². The van der Waals surface area contributed by atoms with Gasteiger partial charge in [0.05, 0.1) is 5.92 Å². The lowest BCUT2D eigenvalue weighted by Gasteiger charge is -2.12. The molecule has 2 atom stereocenters. The molecule has 1 fully saturated rings. The van der Waals surface area contributed by atoms with E-state index in [9.17, 15) is 9.59 Å². The molecule has 5 heteroatoms. The molecule has 0 aromatic carbocycles. The first kappa shape index (κ1) is 15.0. The highest BCUT2D eigenvalue weighted by Crippen LogP contribution is 2.25. The zero-order valence-electron chi connectivity index (χ0n) is 11.0. The van der Waals surface area contributed by atoms with Crippen molar-refractivity contribution >= 4 is 11.9 Å². The number of hydrogen-bond acceptors (Lipinski definition) is 3. The number of ether oxygens (including phenoxy) is 1. The first-order valence-electron chi connectivity index (χ1n) is 6.73.